The highest BCUT2D eigenvalue weighted by molar-refractivity contribution is 5.90. The molecule has 0 atom stereocenters. The molecule has 0 fully saturated rings. The third kappa shape index (κ3) is 6.16. The molecule has 2 aromatic carbocycles. The second-order valence-corrected chi connectivity index (χ2v) is 5.08. The smallest absolute Gasteiger partial charge is 0.339 e. The van der Waals surface area contributed by atoms with Crippen LogP contribution in [0.1, 0.15) is 12.5 Å². The summed E-state index contributed by atoms with van der Waals surface area (Å²) in [7, 11) is 0. The first-order valence-corrected chi connectivity index (χ1v) is 7.91. The molecule has 0 heterocycles. The largest absolute Gasteiger partial charge is 0.490 e. The fourth-order valence-corrected chi connectivity index (χ4v) is 1.99. The van der Waals surface area contributed by atoms with Crippen molar-refractivity contribution in [3.05, 3.63) is 54.1 Å². The van der Waals surface area contributed by atoms with Crippen molar-refractivity contribution in [1.82, 2.24) is 5.43 Å². The number of para-hydroxylation sites is 1. The Balaban J connectivity index is 1.97. The molecule has 0 saturated heterocycles. The minimum absolute atomic E-state index is 0.241. The Morgan fingerprint density at radius 3 is 2.58 bits per heavy atom. The Morgan fingerprint density at radius 2 is 1.88 bits per heavy atom. The van der Waals surface area contributed by atoms with Crippen LogP contribution in [0.4, 0.5) is 10.5 Å². The number of nitrogens with zero attached hydrogens (tertiary/aromatic N) is 1. The molecular formula is C18H20N4O4. The molecule has 0 aliphatic heterocycles. The van der Waals surface area contributed by atoms with Gasteiger partial charge >= 0.3 is 6.03 Å². The summed E-state index contributed by atoms with van der Waals surface area (Å²) in [4.78, 5) is 22.6. The third-order valence-corrected chi connectivity index (χ3v) is 3.05. The van der Waals surface area contributed by atoms with Crippen LogP contribution >= 0.6 is 0 Å². The van der Waals surface area contributed by atoms with Crippen molar-refractivity contribution in [2.45, 2.75) is 6.92 Å². The SMILES string of the molecule is CCOc1cc(/C=N/NC(=O)Nc2ccccc2)ccc1OCC(N)=O. The third-order valence-electron chi connectivity index (χ3n) is 3.05. The number of carbonyl (C=O) groups is 2. The molecule has 0 aliphatic rings. The van der Waals surface area contributed by atoms with Gasteiger partial charge in [-0.2, -0.15) is 5.10 Å². The van der Waals surface area contributed by atoms with Crippen molar-refractivity contribution in [2.75, 3.05) is 18.5 Å². The molecule has 2 aromatic rings. The van der Waals surface area contributed by atoms with Crippen LogP contribution in [0.25, 0.3) is 0 Å². The minimum atomic E-state index is -0.577. The molecule has 0 aliphatic carbocycles. The van der Waals surface area contributed by atoms with Gasteiger partial charge < -0.3 is 20.5 Å². The van der Waals surface area contributed by atoms with Gasteiger partial charge in [0.05, 0.1) is 12.8 Å². The number of nitrogens with two attached hydrogens (primary N) is 1. The van der Waals surface area contributed by atoms with E-state index in [4.69, 9.17) is 15.2 Å². The van der Waals surface area contributed by atoms with E-state index in [1.807, 2.05) is 25.1 Å². The summed E-state index contributed by atoms with van der Waals surface area (Å²) in [5, 5.41) is 6.53. The second-order valence-electron chi connectivity index (χ2n) is 5.08. The predicted molar refractivity (Wildman–Crippen MR) is 98.5 cm³/mol. The zero-order chi connectivity index (χ0) is 18.8. The van der Waals surface area contributed by atoms with Gasteiger partial charge in [0.25, 0.3) is 5.91 Å². The zero-order valence-corrected chi connectivity index (χ0v) is 14.3. The first-order chi connectivity index (χ1) is 12.6. The summed E-state index contributed by atoms with van der Waals surface area (Å²) in [5.41, 5.74) is 8.79. The van der Waals surface area contributed by atoms with Crippen molar-refractivity contribution in [1.29, 1.82) is 0 Å². The fourth-order valence-electron chi connectivity index (χ4n) is 1.99. The minimum Gasteiger partial charge on any atom is -0.490 e. The highest BCUT2D eigenvalue weighted by Gasteiger charge is 2.07. The van der Waals surface area contributed by atoms with Gasteiger partial charge in [-0.05, 0) is 42.8 Å². The number of rotatable bonds is 8. The monoisotopic (exact) mass is 356 g/mol. The summed E-state index contributed by atoms with van der Waals surface area (Å²) in [6.07, 6.45) is 1.46. The van der Waals surface area contributed by atoms with Gasteiger partial charge in [0.1, 0.15) is 0 Å². The van der Waals surface area contributed by atoms with E-state index in [9.17, 15) is 9.59 Å². The number of anilines is 1. The molecule has 0 radical (unpaired) electrons. The van der Waals surface area contributed by atoms with Crippen LogP contribution < -0.4 is 25.9 Å². The molecule has 0 aromatic heterocycles. The Morgan fingerprint density at radius 1 is 1.12 bits per heavy atom. The highest BCUT2D eigenvalue weighted by Crippen LogP contribution is 2.28. The van der Waals surface area contributed by atoms with E-state index >= 15 is 0 Å². The van der Waals surface area contributed by atoms with Crippen LogP contribution in [0.15, 0.2) is 53.6 Å². The Kier molecular flexibility index (Phi) is 6.99. The molecule has 0 saturated carbocycles. The molecule has 0 unspecified atom stereocenters. The van der Waals surface area contributed by atoms with Gasteiger partial charge in [-0.25, -0.2) is 10.2 Å². The summed E-state index contributed by atoms with van der Waals surface area (Å²) in [6, 6.07) is 13.6. The van der Waals surface area contributed by atoms with Gasteiger partial charge in [0.2, 0.25) is 0 Å². The lowest BCUT2D eigenvalue weighted by Gasteiger charge is -2.11. The summed E-state index contributed by atoms with van der Waals surface area (Å²) in [6.45, 7) is 2.01. The number of urea groups is 1. The van der Waals surface area contributed by atoms with Crippen LogP contribution in [0.2, 0.25) is 0 Å². The number of ether oxygens (including phenoxy) is 2. The number of benzene rings is 2. The first-order valence-electron chi connectivity index (χ1n) is 7.91. The molecular weight excluding hydrogens is 336 g/mol. The van der Waals surface area contributed by atoms with Crippen LogP contribution in [0.3, 0.4) is 0 Å². The molecule has 26 heavy (non-hydrogen) atoms. The van der Waals surface area contributed by atoms with E-state index in [-0.39, 0.29) is 6.61 Å². The summed E-state index contributed by atoms with van der Waals surface area (Å²) in [5.74, 6) is 0.274. The molecule has 3 amide bonds. The van der Waals surface area contributed by atoms with E-state index in [1.165, 1.54) is 6.21 Å². The van der Waals surface area contributed by atoms with Gasteiger partial charge in [-0.1, -0.05) is 18.2 Å². The number of nitrogens with one attached hydrogen (secondary N) is 2. The van der Waals surface area contributed by atoms with Crippen LogP contribution in [0, 0.1) is 0 Å². The van der Waals surface area contributed by atoms with Crippen LogP contribution in [-0.2, 0) is 4.79 Å². The van der Waals surface area contributed by atoms with Crippen LogP contribution in [-0.4, -0.2) is 31.4 Å². The van der Waals surface area contributed by atoms with Crippen molar-refractivity contribution < 1.29 is 19.1 Å². The summed E-state index contributed by atoms with van der Waals surface area (Å²) >= 11 is 0. The molecule has 4 N–H and O–H groups in total. The fraction of sp³-hybridized carbons (Fsp3) is 0.167. The first kappa shape index (κ1) is 18.8. The lowest BCUT2D eigenvalue weighted by atomic mass is 10.2. The molecule has 136 valence electrons. The number of amides is 3. The maximum atomic E-state index is 11.8. The molecule has 0 bridgehead atoms. The van der Waals surface area contributed by atoms with Gasteiger partial charge in [0.15, 0.2) is 18.1 Å². The number of hydrogen-bond acceptors (Lipinski definition) is 5. The van der Waals surface area contributed by atoms with E-state index in [0.29, 0.717) is 29.4 Å². The van der Waals surface area contributed by atoms with Crippen molar-refractivity contribution in [2.24, 2.45) is 10.8 Å². The zero-order valence-electron chi connectivity index (χ0n) is 14.3. The maximum absolute atomic E-state index is 11.8. The van der Waals surface area contributed by atoms with E-state index < -0.39 is 11.9 Å². The topological polar surface area (TPSA) is 115 Å². The van der Waals surface area contributed by atoms with E-state index in [1.54, 1.807) is 30.3 Å². The predicted octanol–water partition coefficient (Wildman–Crippen LogP) is 2.10. The molecule has 2 rings (SSSR count). The molecule has 8 nitrogen and oxygen atoms in total. The second kappa shape index (κ2) is 9.67. The van der Waals surface area contributed by atoms with E-state index in [0.717, 1.165) is 0 Å². The lowest BCUT2D eigenvalue weighted by molar-refractivity contribution is -0.119. The average Bonchev–Trinajstić information content (AvgIpc) is 2.62. The number of carbonyl (C=O) groups excluding carboxylic acids is 2. The highest BCUT2D eigenvalue weighted by atomic mass is 16.5. The summed E-state index contributed by atoms with van der Waals surface area (Å²) < 4.78 is 10.8. The molecule has 8 heteroatoms. The lowest BCUT2D eigenvalue weighted by Crippen LogP contribution is -2.24. The van der Waals surface area contributed by atoms with Gasteiger partial charge in [0, 0.05) is 5.69 Å². The Hall–Kier alpha value is -3.55. The Labute approximate surface area is 151 Å². The van der Waals surface area contributed by atoms with Crippen molar-refractivity contribution >= 4 is 23.8 Å². The quantitative estimate of drug-likeness (QED) is 0.496. The van der Waals surface area contributed by atoms with Crippen molar-refractivity contribution in [3.8, 4) is 11.5 Å². The molecule has 0 spiro atoms. The van der Waals surface area contributed by atoms with E-state index in [2.05, 4.69) is 15.8 Å². The van der Waals surface area contributed by atoms with Crippen LogP contribution in [0.5, 0.6) is 11.5 Å². The van der Waals surface area contributed by atoms with Gasteiger partial charge in [-0.3, -0.25) is 4.79 Å². The standard InChI is InChI=1S/C18H20N4O4/c1-2-25-16-10-13(8-9-15(16)26-12-17(19)23)11-20-22-18(24)21-14-6-4-3-5-7-14/h3-11H,2,12H2,1H3,(H2,19,23)(H2,21,22,24)/b20-11+. The number of hydrazone groups is 1. The van der Waals surface area contributed by atoms with Crippen molar-refractivity contribution in [3.63, 3.8) is 0 Å². The average molecular weight is 356 g/mol. The van der Waals surface area contributed by atoms with Gasteiger partial charge in [-0.15, -0.1) is 0 Å². The number of hydrogen-bond donors (Lipinski definition) is 3. The normalized spacial score (nSPS) is 10.3. The number of primary amides is 1. The Bertz CT molecular complexity index is 778. The maximum Gasteiger partial charge on any atom is 0.339 e.